The molecule has 0 atom stereocenters. The van der Waals surface area contributed by atoms with Crippen molar-refractivity contribution in [3.05, 3.63) is 78.9 Å². The van der Waals surface area contributed by atoms with Crippen LogP contribution in [0.5, 0.6) is 0 Å². The van der Waals surface area contributed by atoms with Gasteiger partial charge in [-0.15, -0.1) is 10.2 Å². The lowest BCUT2D eigenvalue weighted by Gasteiger charge is -2.34. The van der Waals surface area contributed by atoms with Gasteiger partial charge >= 0.3 is 0 Å². The maximum Gasteiger partial charge on any atom is 0.243 e. The van der Waals surface area contributed by atoms with E-state index in [-0.39, 0.29) is 16.7 Å². The summed E-state index contributed by atoms with van der Waals surface area (Å²) in [6, 6.07) is 24.5. The number of benzene rings is 3. The van der Waals surface area contributed by atoms with Gasteiger partial charge in [-0.1, -0.05) is 56.3 Å². The fraction of sp³-hybridized carbons (Fsp3) is 0.250. The molecule has 0 radical (unpaired) electrons. The van der Waals surface area contributed by atoms with Crippen molar-refractivity contribution in [2.45, 2.75) is 18.7 Å². The van der Waals surface area contributed by atoms with E-state index in [9.17, 15) is 13.2 Å². The van der Waals surface area contributed by atoms with Crippen LogP contribution in [-0.4, -0.2) is 55.0 Å². The van der Waals surface area contributed by atoms with Gasteiger partial charge in [-0.05, 0) is 47.2 Å². The van der Waals surface area contributed by atoms with E-state index in [4.69, 9.17) is 0 Å². The number of nitrogens with zero attached hydrogens (tertiary/aromatic N) is 4. The van der Waals surface area contributed by atoms with E-state index in [0.29, 0.717) is 31.9 Å². The van der Waals surface area contributed by atoms with Crippen molar-refractivity contribution in [1.82, 2.24) is 14.5 Å². The van der Waals surface area contributed by atoms with Crippen LogP contribution in [0.2, 0.25) is 0 Å². The first-order chi connectivity index (χ1) is 17.8. The Morgan fingerprint density at radius 3 is 2.22 bits per heavy atom. The summed E-state index contributed by atoms with van der Waals surface area (Å²) in [6.07, 6.45) is 0. The highest BCUT2D eigenvalue weighted by Gasteiger charge is 2.29. The van der Waals surface area contributed by atoms with Gasteiger partial charge < -0.3 is 10.2 Å². The molecule has 1 aromatic heterocycles. The highest BCUT2D eigenvalue weighted by molar-refractivity contribution is 7.89. The van der Waals surface area contributed by atoms with Gasteiger partial charge in [-0.2, -0.15) is 4.31 Å². The Morgan fingerprint density at radius 2 is 1.54 bits per heavy atom. The zero-order valence-electron chi connectivity index (χ0n) is 20.8. The molecule has 2 heterocycles. The quantitative estimate of drug-likeness (QED) is 0.409. The van der Waals surface area contributed by atoms with Crippen molar-refractivity contribution in [3.63, 3.8) is 0 Å². The molecule has 0 spiro atoms. The molecule has 0 unspecified atom stereocenters. The Kier molecular flexibility index (Phi) is 6.90. The summed E-state index contributed by atoms with van der Waals surface area (Å²) in [7, 11) is -3.63. The summed E-state index contributed by atoms with van der Waals surface area (Å²) in [5.74, 6) is 0.463. The number of aromatic nitrogens is 2. The number of carbonyl (C=O) groups excluding carboxylic acids is 1. The van der Waals surface area contributed by atoms with E-state index in [1.54, 1.807) is 26.0 Å². The molecule has 190 valence electrons. The van der Waals surface area contributed by atoms with E-state index >= 15 is 0 Å². The number of amides is 1. The second-order valence-corrected chi connectivity index (χ2v) is 11.3. The average molecular weight is 516 g/mol. The first kappa shape index (κ1) is 24.9. The summed E-state index contributed by atoms with van der Waals surface area (Å²) in [5, 5.41) is 14.0. The Labute approximate surface area is 217 Å². The third-order valence-corrected chi connectivity index (χ3v) is 8.48. The highest BCUT2D eigenvalue weighted by atomic mass is 32.2. The fourth-order valence-corrected chi connectivity index (χ4v) is 5.81. The van der Waals surface area contributed by atoms with Crippen LogP contribution in [0.15, 0.2) is 83.8 Å². The number of anilines is 2. The van der Waals surface area contributed by atoms with Crippen LogP contribution in [0.3, 0.4) is 0 Å². The monoisotopic (exact) mass is 515 g/mol. The maximum absolute atomic E-state index is 13.2. The number of carbonyl (C=O) groups is 1. The molecule has 1 fully saturated rings. The van der Waals surface area contributed by atoms with Crippen LogP contribution in [-0.2, 0) is 14.8 Å². The molecule has 0 aliphatic carbocycles. The largest absolute Gasteiger partial charge is 0.352 e. The van der Waals surface area contributed by atoms with Crippen LogP contribution in [0.4, 0.5) is 11.5 Å². The molecule has 9 heteroatoms. The number of hydrogen-bond acceptors (Lipinski definition) is 6. The highest BCUT2D eigenvalue weighted by Crippen LogP contribution is 2.28. The number of hydrogen-bond donors (Lipinski definition) is 1. The van der Waals surface area contributed by atoms with Crippen LogP contribution >= 0.6 is 0 Å². The van der Waals surface area contributed by atoms with E-state index in [0.717, 1.165) is 27.8 Å². The van der Waals surface area contributed by atoms with Gasteiger partial charge in [0.15, 0.2) is 5.82 Å². The molecule has 37 heavy (non-hydrogen) atoms. The third kappa shape index (κ3) is 5.19. The summed E-state index contributed by atoms with van der Waals surface area (Å²) >= 11 is 0. The summed E-state index contributed by atoms with van der Waals surface area (Å²) < 4.78 is 27.8. The Bertz CT molecular complexity index is 1510. The summed E-state index contributed by atoms with van der Waals surface area (Å²) in [5.41, 5.74) is 2.41. The molecule has 0 bridgehead atoms. The lowest BCUT2D eigenvalue weighted by atomic mass is 10.0. The SMILES string of the molecule is CC(C)C(=O)Nc1ccc(S(=O)(=O)N2CCN(c3ccc(-c4cccc5ccccc45)nn3)CC2)cc1. The molecule has 1 N–H and O–H groups in total. The first-order valence-electron chi connectivity index (χ1n) is 12.3. The van der Waals surface area contributed by atoms with Crippen LogP contribution in [0, 0.1) is 5.92 Å². The van der Waals surface area contributed by atoms with Gasteiger partial charge in [0, 0.05) is 43.3 Å². The molecule has 8 nitrogen and oxygen atoms in total. The number of nitrogens with one attached hydrogen (secondary N) is 1. The Balaban J connectivity index is 1.24. The smallest absolute Gasteiger partial charge is 0.243 e. The van der Waals surface area contributed by atoms with Crippen LogP contribution in [0.1, 0.15) is 13.8 Å². The van der Waals surface area contributed by atoms with E-state index in [2.05, 4.69) is 38.6 Å². The summed E-state index contributed by atoms with van der Waals surface area (Å²) in [4.78, 5) is 14.1. The third-order valence-electron chi connectivity index (χ3n) is 6.56. The van der Waals surface area contributed by atoms with Gasteiger partial charge in [-0.25, -0.2) is 8.42 Å². The molecule has 3 aromatic carbocycles. The molecular weight excluding hydrogens is 486 g/mol. The molecule has 4 aromatic rings. The Hall–Kier alpha value is -3.82. The molecule has 5 rings (SSSR count). The number of piperazine rings is 1. The van der Waals surface area contributed by atoms with Crippen LogP contribution < -0.4 is 10.2 Å². The topological polar surface area (TPSA) is 95.5 Å². The predicted molar refractivity (Wildman–Crippen MR) is 146 cm³/mol. The van der Waals surface area contributed by atoms with Crippen molar-refractivity contribution in [2.75, 3.05) is 36.4 Å². The molecule has 1 aliphatic rings. The molecule has 0 saturated carbocycles. The maximum atomic E-state index is 13.2. The predicted octanol–water partition coefficient (Wildman–Crippen LogP) is 4.40. The molecule has 1 aliphatic heterocycles. The van der Waals surface area contributed by atoms with Crippen LogP contribution in [0.25, 0.3) is 22.0 Å². The normalized spacial score (nSPS) is 14.7. The van der Waals surface area contributed by atoms with E-state index < -0.39 is 10.0 Å². The number of rotatable bonds is 6. The Morgan fingerprint density at radius 1 is 0.838 bits per heavy atom. The zero-order chi connectivity index (χ0) is 26.0. The lowest BCUT2D eigenvalue weighted by molar-refractivity contribution is -0.118. The average Bonchev–Trinajstić information content (AvgIpc) is 2.93. The second kappa shape index (κ2) is 10.3. The van der Waals surface area contributed by atoms with Crippen molar-refractivity contribution >= 4 is 38.2 Å². The van der Waals surface area contributed by atoms with Gasteiger partial charge in [0.1, 0.15) is 0 Å². The second-order valence-electron chi connectivity index (χ2n) is 9.36. The first-order valence-corrected chi connectivity index (χ1v) is 13.7. The molecule has 1 amide bonds. The van der Waals surface area contributed by atoms with Gasteiger partial charge in [-0.3, -0.25) is 4.79 Å². The van der Waals surface area contributed by atoms with Crippen molar-refractivity contribution in [3.8, 4) is 11.3 Å². The van der Waals surface area contributed by atoms with E-state index in [1.165, 1.54) is 16.4 Å². The lowest BCUT2D eigenvalue weighted by Crippen LogP contribution is -2.49. The molecule has 1 saturated heterocycles. The van der Waals surface area contributed by atoms with Gasteiger partial charge in [0.25, 0.3) is 0 Å². The van der Waals surface area contributed by atoms with Crippen molar-refractivity contribution in [1.29, 1.82) is 0 Å². The van der Waals surface area contributed by atoms with Crippen molar-refractivity contribution < 1.29 is 13.2 Å². The minimum Gasteiger partial charge on any atom is -0.352 e. The zero-order valence-corrected chi connectivity index (χ0v) is 21.6. The van der Waals surface area contributed by atoms with Crippen molar-refractivity contribution in [2.24, 2.45) is 5.92 Å². The molecular formula is C28H29N5O3S. The van der Waals surface area contributed by atoms with Gasteiger partial charge in [0.2, 0.25) is 15.9 Å². The number of fused-ring (bicyclic) bond motifs is 1. The van der Waals surface area contributed by atoms with E-state index in [1.807, 2.05) is 36.4 Å². The van der Waals surface area contributed by atoms with Gasteiger partial charge in [0.05, 0.1) is 10.6 Å². The fourth-order valence-electron chi connectivity index (χ4n) is 4.39. The minimum atomic E-state index is -3.63. The minimum absolute atomic E-state index is 0.111. The summed E-state index contributed by atoms with van der Waals surface area (Å²) in [6.45, 7) is 5.34. The number of sulfonamides is 1. The standard InChI is InChI=1S/C28H29N5O3S/c1-20(2)28(34)29-22-10-12-23(13-11-22)37(35,36)33-18-16-32(17-19-33)27-15-14-26(30-31-27)25-9-5-7-21-6-3-4-8-24(21)25/h3-15,20H,16-19H2,1-2H3,(H,29,34).